The fourth-order valence-corrected chi connectivity index (χ4v) is 3.65. The summed E-state index contributed by atoms with van der Waals surface area (Å²) >= 11 is 0. The van der Waals surface area contributed by atoms with Gasteiger partial charge in [-0.15, -0.1) is 0 Å². The maximum absolute atomic E-state index is 13.3. The molecule has 2 rings (SSSR count). The number of nitrogens with zero attached hydrogens (tertiary/aromatic N) is 1. The molecule has 0 radical (unpaired) electrons. The Morgan fingerprint density at radius 3 is 2.34 bits per heavy atom. The van der Waals surface area contributed by atoms with Crippen LogP contribution in [0.25, 0.3) is 0 Å². The fraction of sp³-hybridized carbons (Fsp3) is 0.478. The second-order valence-corrected chi connectivity index (χ2v) is 8.52. The molecule has 0 bridgehead atoms. The van der Waals surface area contributed by atoms with E-state index < -0.39 is 36.0 Å². The molecule has 1 aromatic carbocycles. The molecule has 9 heteroatoms. The third kappa shape index (κ3) is 7.11. The van der Waals surface area contributed by atoms with E-state index in [1.165, 1.54) is 11.0 Å². The van der Waals surface area contributed by atoms with E-state index in [1.807, 2.05) is 44.2 Å². The monoisotopic (exact) mass is 443 g/mol. The van der Waals surface area contributed by atoms with E-state index in [2.05, 4.69) is 16.0 Å². The van der Waals surface area contributed by atoms with Gasteiger partial charge in [-0.2, -0.15) is 0 Å². The first kappa shape index (κ1) is 24.9. The Labute approximate surface area is 188 Å². The van der Waals surface area contributed by atoms with Crippen molar-refractivity contribution >= 4 is 23.8 Å². The van der Waals surface area contributed by atoms with Crippen molar-refractivity contribution in [2.75, 3.05) is 6.54 Å². The Hall–Kier alpha value is -3.36. The van der Waals surface area contributed by atoms with Crippen LogP contribution < -0.4 is 21.7 Å². The number of amides is 5. The van der Waals surface area contributed by atoms with Crippen molar-refractivity contribution in [3.05, 3.63) is 47.5 Å². The second kappa shape index (κ2) is 11.3. The summed E-state index contributed by atoms with van der Waals surface area (Å²) in [5, 5.41) is 8.21. The molecule has 0 aliphatic carbocycles. The minimum absolute atomic E-state index is 0.0859. The molecule has 5 N–H and O–H groups in total. The van der Waals surface area contributed by atoms with Gasteiger partial charge in [0.1, 0.15) is 12.1 Å². The zero-order valence-electron chi connectivity index (χ0n) is 19.1. The average Bonchev–Trinajstić information content (AvgIpc) is 3.10. The molecule has 5 amide bonds. The number of allylic oxidation sites excluding steroid dienone is 1. The predicted octanol–water partition coefficient (Wildman–Crippen LogP) is 0.843. The summed E-state index contributed by atoms with van der Waals surface area (Å²) in [4.78, 5) is 51.7. The molecular weight excluding hydrogens is 410 g/mol. The highest BCUT2D eigenvalue weighted by Crippen LogP contribution is 2.20. The first-order chi connectivity index (χ1) is 15.1. The van der Waals surface area contributed by atoms with Crippen LogP contribution in [0.1, 0.15) is 39.7 Å². The van der Waals surface area contributed by atoms with Crippen LogP contribution in [0.4, 0.5) is 4.79 Å². The van der Waals surface area contributed by atoms with Gasteiger partial charge in [-0.25, -0.2) is 4.79 Å². The molecule has 0 spiro atoms. The Morgan fingerprint density at radius 2 is 1.78 bits per heavy atom. The van der Waals surface area contributed by atoms with Crippen molar-refractivity contribution in [1.29, 1.82) is 0 Å². The highest BCUT2D eigenvalue weighted by atomic mass is 16.2. The lowest BCUT2D eigenvalue weighted by Gasteiger charge is -2.29. The Bertz CT molecular complexity index is 864. The summed E-state index contributed by atoms with van der Waals surface area (Å²) in [7, 11) is 0. The maximum atomic E-state index is 13.3. The number of benzene rings is 1. The van der Waals surface area contributed by atoms with Crippen molar-refractivity contribution in [3.8, 4) is 0 Å². The minimum Gasteiger partial charge on any atom is -0.368 e. The van der Waals surface area contributed by atoms with Gasteiger partial charge in [0.25, 0.3) is 0 Å². The van der Waals surface area contributed by atoms with Crippen LogP contribution in [0.15, 0.2) is 42.0 Å². The van der Waals surface area contributed by atoms with E-state index in [0.29, 0.717) is 13.0 Å². The number of carbonyl (C=O) groups excluding carboxylic acids is 4. The summed E-state index contributed by atoms with van der Waals surface area (Å²) < 4.78 is 0. The number of rotatable bonds is 8. The van der Waals surface area contributed by atoms with Crippen molar-refractivity contribution in [3.63, 3.8) is 0 Å². The van der Waals surface area contributed by atoms with Crippen LogP contribution in [0.3, 0.4) is 0 Å². The number of nitrogens with one attached hydrogen (secondary N) is 3. The Kier molecular flexibility index (Phi) is 8.80. The quantitative estimate of drug-likeness (QED) is 0.443. The average molecular weight is 444 g/mol. The van der Waals surface area contributed by atoms with Gasteiger partial charge in [-0.1, -0.05) is 35.9 Å². The Balaban J connectivity index is 2.23. The smallest absolute Gasteiger partial charge is 0.315 e. The lowest BCUT2D eigenvalue weighted by atomic mass is 10.0. The van der Waals surface area contributed by atoms with Crippen molar-refractivity contribution < 1.29 is 19.2 Å². The summed E-state index contributed by atoms with van der Waals surface area (Å²) in [5.41, 5.74) is 7.17. The number of carbonyl (C=O) groups is 4. The molecule has 1 aliphatic heterocycles. The SMILES string of the molecule is CC(C)=CC(=O)N1CCC(NC(=O)NC(C)C)C1C(=O)NC(Cc1ccccc1)C(N)=O. The largest absolute Gasteiger partial charge is 0.368 e. The van der Waals surface area contributed by atoms with Crippen LogP contribution >= 0.6 is 0 Å². The van der Waals surface area contributed by atoms with Gasteiger partial charge < -0.3 is 26.6 Å². The fourth-order valence-electron chi connectivity index (χ4n) is 3.65. The molecule has 1 fully saturated rings. The van der Waals surface area contributed by atoms with E-state index in [0.717, 1.165) is 11.1 Å². The predicted molar refractivity (Wildman–Crippen MR) is 121 cm³/mol. The molecule has 3 atom stereocenters. The van der Waals surface area contributed by atoms with Crippen molar-refractivity contribution in [2.45, 2.75) is 64.7 Å². The van der Waals surface area contributed by atoms with E-state index in [-0.39, 0.29) is 18.4 Å². The second-order valence-electron chi connectivity index (χ2n) is 8.52. The number of urea groups is 1. The van der Waals surface area contributed by atoms with Crippen LogP contribution in [-0.2, 0) is 20.8 Å². The topological polar surface area (TPSA) is 134 Å². The van der Waals surface area contributed by atoms with Crippen LogP contribution in [0.5, 0.6) is 0 Å². The molecule has 0 saturated carbocycles. The van der Waals surface area contributed by atoms with Crippen molar-refractivity contribution in [2.24, 2.45) is 5.73 Å². The summed E-state index contributed by atoms with van der Waals surface area (Å²) in [6, 6.07) is 6.17. The summed E-state index contributed by atoms with van der Waals surface area (Å²) in [6.45, 7) is 7.52. The lowest BCUT2D eigenvalue weighted by Crippen LogP contribution is -2.59. The van der Waals surface area contributed by atoms with Crippen LogP contribution in [-0.4, -0.2) is 59.4 Å². The van der Waals surface area contributed by atoms with Gasteiger partial charge in [-0.05, 0) is 39.7 Å². The van der Waals surface area contributed by atoms with E-state index in [9.17, 15) is 19.2 Å². The molecule has 1 heterocycles. The minimum atomic E-state index is -0.964. The number of likely N-dealkylation sites (tertiary alicyclic amines) is 1. The first-order valence-electron chi connectivity index (χ1n) is 10.7. The first-order valence-corrected chi connectivity index (χ1v) is 10.7. The molecule has 1 aliphatic rings. The molecule has 32 heavy (non-hydrogen) atoms. The molecule has 3 unspecified atom stereocenters. The zero-order chi connectivity index (χ0) is 23.8. The third-order valence-corrected chi connectivity index (χ3v) is 5.04. The normalized spacial score (nSPS) is 18.6. The summed E-state index contributed by atoms with van der Waals surface area (Å²) in [6.07, 6.45) is 2.08. The number of primary amides is 1. The molecular formula is C23H33N5O4. The lowest BCUT2D eigenvalue weighted by molar-refractivity contribution is -0.137. The van der Waals surface area contributed by atoms with Gasteiger partial charge in [-0.3, -0.25) is 14.4 Å². The standard InChI is InChI=1S/C23H33N5O4/c1-14(2)12-19(29)28-11-10-17(27-23(32)25-15(3)4)20(28)22(31)26-18(21(24)30)13-16-8-6-5-7-9-16/h5-9,12,15,17-18,20H,10-11,13H2,1-4H3,(H2,24,30)(H,26,31)(H2,25,27,32). The van der Waals surface area contributed by atoms with E-state index >= 15 is 0 Å². The van der Waals surface area contributed by atoms with Gasteiger partial charge >= 0.3 is 6.03 Å². The van der Waals surface area contributed by atoms with Gasteiger partial charge in [0.2, 0.25) is 17.7 Å². The third-order valence-electron chi connectivity index (χ3n) is 5.04. The molecule has 0 aromatic heterocycles. The van der Waals surface area contributed by atoms with Crippen LogP contribution in [0, 0.1) is 0 Å². The van der Waals surface area contributed by atoms with Crippen molar-refractivity contribution in [1.82, 2.24) is 20.9 Å². The zero-order valence-corrected chi connectivity index (χ0v) is 19.1. The maximum Gasteiger partial charge on any atom is 0.315 e. The van der Waals surface area contributed by atoms with Gasteiger partial charge in [0.05, 0.1) is 6.04 Å². The molecule has 174 valence electrons. The van der Waals surface area contributed by atoms with Gasteiger partial charge in [0.15, 0.2) is 0 Å². The van der Waals surface area contributed by atoms with Crippen LogP contribution in [0.2, 0.25) is 0 Å². The molecule has 9 nitrogen and oxygen atoms in total. The number of hydrogen-bond acceptors (Lipinski definition) is 4. The summed E-state index contributed by atoms with van der Waals surface area (Å²) in [5.74, 6) is -1.53. The Morgan fingerprint density at radius 1 is 1.12 bits per heavy atom. The highest BCUT2D eigenvalue weighted by molar-refractivity contribution is 5.96. The molecule has 1 saturated heterocycles. The van der Waals surface area contributed by atoms with E-state index in [1.54, 1.807) is 13.8 Å². The molecule has 1 aromatic rings. The number of nitrogens with two attached hydrogens (primary N) is 1. The van der Waals surface area contributed by atoms with E-state index in [4.69, 9.17) is 5.73 Å². The number of hydrogen-bond donors (Lipinski definition) is 4. The highest BCUT2D eigenvalue weighted by Gasteiger charge is 2.43. The van der Waals surface area contributed by atoms with Gasteiger partial charge in [0, 0.05) is 25.1 Å².